The first kappa shape index (κ1) is 18.2. The summed E-state index contributed by atoms with van der Waals surface area (Å²) in [4.78, 5) is 0.200. The Labute approximate surface area is 143 Å². The zero-order valence-electron chi connectivity index (χ0n) is 14.7. The molecular formula is C17H24N4O2S. The van der Waals surface area contributed by atoms with E-state index in [1.807, 2.05) is 32.9 Å². The molecule has 0 aliphatic carbocycles. The molecule has 0 atom stereocenters. The van der Waals surface area contributed by atoms with Crippen LogP contribution in [0, 0.1) is 0 Å². The number of hydrogen-bond acceptors (Lipinski definition) is 5. The van der Waals surface area contributed by atoms with Gasteiger partial charge in [-0.3, -0.25) is 4.72 Å². The van der Waals surface area contributed by atoms with Crippen LogP contribution in [0.4, 0.5) is 11.6 Å². The first-order chi connectivity index (χ1) is 11.1. The molecule has 2 rings (SSSR count). The van der Waals surface area contributed by atoms with Gasteiger partial charge in [0.1, 0.15) is 5.82 Å². The number of benzene rings is 1. The maximum Gasteiger partial charge on any atom is 0.263 e. The number of nitrogens with zero attached hydrogens (tertiary/aromatic N) is 2. The molecule has 2 N–H and O–H groups in total. The Kier molecular flexibility index (Phi) is 5.13. The lowest BCUT2D eigenvalue weighted by atomic mass is 10.0. The Morgan fingerprint density at radius 3 is 1.92 bits per heavy atom. The molecule has 0 unspecified atom stereocenters. The molecule has 2 aromatic rings. The summed E-state index contributed by atoms with van der Waals surface area (Å²) in [7, 11) is -3.68. The molecule has 0 radical (unpaired) electrons. The lowest BCUT2D eigenvalue weighted by molar-refractivity contribution is 0.600. The fourth-order valence-electron chi connectivity index (χ4n) is 2.07. The summed E-state index contributed by atoms with van der Waals surface area (Å²) >= 11 is 0. The van der Waals surface area contributed by atoms with Crippen molar-refractivity contribution >= 4 is 21.7 Å². The average Bonchev–Trinajstić information content (AvgIpc) is 2.47. The summed E-state index contributed by atoms with van der Waals surface area (Å²) in [6.07, 6.45) is 0. The Bertz CT molecular complexity index is 777. The predicted molar refractivity (Wildman–Crippen MR) is 96.7 cm³/mol. The first-order valence-electron chi connectivity index (χ1n) is 7.81. The zero-order valence-corrected chi connectivity index (χ0v) is 15.5. The Morgan fingerprint density at radius 1 is 0.917 bits per heavy atom. The average molecular weight is 348 g/mol. The van der Waals surface area contributed by atoms with Crippen molar-refractivity contribution in [2.24, 2.45) is 0 Å². The van der Waals surface area contributed by atoms with Gasteiger partial charge in [-0.25, -0.2) is 8.42 Å². The fraction of sp³-hybridized carbons (Fsp3) is 0.412. The van der Waals surface area contributed by atoms with Crippen LogP contribution in [0.15, 0.2) is 41.3 Å². The van der Waals surface area contributed by atoms with E-state index >= 15 is 0 Å². The molecule has 6 nitrogen and oxygen atoms in total. The number of rotatable bonds is 5. The van der Waals surface area contributed by atoms with Crippen molar-refractivity contribution in [2.45, 2.75) is 51.0 Å². The van der Waals surface area contributed by atoms with Crippen LogP contribution in [0.25, 0.3) is 0 Å². The summed E-state index contributed by atoms with van der Waals surface area (Å²) in [6, 6.07) is 10.1. The molecule has 130 valence electrons. The van der Waals surface area contributed by atoms with Gasteiger partial charge in [0.2, 0.25) is 0 Å². The SMILES string of the molecule is CC(C)c1ccc(S(=O)(=O)Nc2ccc(NC(C)(C)C)nn2)cc1. The van der Waals surface area contributed by atoms with Gasteiger partial charge in [0.25, 0.3) is 10.0 Å². The fourth-order valence-corrected chi connectivity index (χ4v) is 3.06. The van der Waals surface area contributed by atoms with Crippen LogP contribution in [-0.2, 0) is 10.0 Å². The van der Waals surface area contributed by atoms with Crippen molar-refractivity contribution in [3.63, 3.8) is 0 Å². The number of hydrogen-bond donors (Lipinski definition) is 2. The molecule has 0 saturated carbocycles. The van der Waals surface area contributed by atoms with Gasteiger partial charge in [-0.2, -0.15) is 0 Å². The summed E-state index contributed by atoms with van der Waals surface area (Å²) in [5.41, 5.74) is 0.944. The topological polar surface area (TPSA) is 84.0 Å². The Hall–Kier alpha value is -2.15. The van der Waals surface area contributed by atoms with E-state index < -0.39 is 10.0 Å². The highest BCUT2D eigenvalue weighted by atomic mass is 32.2. The van der Waals surface area contributed by atoms with Crippen molar-refractivity contribution in [1.29, 1.82) is 0 Å². The Morgan fingerprint density at radius 2 is 1.46 bits per heavy atom. The van der Waals surface area contributed by atoms with Gasteiger partial charge in [0, 0.05) is 5.54 Å². The van der Waals surface area contributed by atoms with Crippen molar-refractivity contribution < 1.29 is 8.42 Å². The van der Waals surface area contributed by atoms with Crippen molar-refractivity contribution in [1.82, 2.24) is 10.2 Å². The summed E-state index contributed by atoms with van der Waals surface area (Å²) < 4.78 is 27.2. The van der Waals surface area contributed by atoms with Crippen molar-refractivity contribution in [3.05, 3.63) is 42.0 Å². The maximum absolute atomic E-state index is 12.4. The summed E-state index contributed by atoms with van der Waals surface area (Å²) in [5.74, 6) is 1.12. The van der Waals surface area contributed by atoms with E-state index in [-0.39, 0.29) is 16.3 Å². The second-order valence-electron chi connectivity index (χ2n) is 7.01. The van der Waals surface area contributed by atoms with Crippen LogP contribution in [0.1, 0.15) is 46.1 Å². The number of nitrogens with one attached hydrogen (secondary N) is 2. The van der Waals surface area contributed by atoms with Gasteiger partial charge in [-0.15, -0.1) is 10.2 Å². The third kappa shape index (κ3) is 4.92. The molecule has 0 aliphatic heterocycles. The second-order valence-corrected chi connectivity index (χ2v) is 8.69. The standard InChI is InChI=1S/C17H24N4O2S/c1-12(2)13-6-8-14(9-7-13)24(22,23)21-16-11-10-15(19-20-16)18-17(3,4)5/h6-12H,1-5H3,(H,18,19)(H,20,21). The van der Waals surface area contributed by atoms with Crippen LogP contribution < -0.4 is 10.0 Å². The first-order valence-corrected chi connectivity index (χ1v) is 9.30. The molecule has 0 bridgehead atoms. The van der Waals surface area contributed by atoms with Crippen LogP contribution >= 0.6 is 0 Å². The van der Waals surface area contributed by atoms with E-state index in [0.717, 1.165) is 5.56 Å². The highest BCUT2D eigenvalue weighted by Crippen LogP contribution is 2.19. The van der Waals surface area contributed by atoms with E-state index in [2.05, 4.69) is 34.1 Å². The van der Waals surface area contributed by atoms with Gasteiger partial charge in [-0.1, -0.05) is 26.0 Å². The van der Waals surface area contributed by atoms with E-state index in [4.69, 9.17) is 0 Å². The molecule has 24 heavy (non-hydrogen) atoms. The molecule has 7 heteroatoms. The molecule has 0 spiro atoms. The van der Waals surface area contributed by atoms with E-state index in [0.29, 0.717) is 11.7 Å². The zero-order chi connectivity index (χ0) is 18.0. The van der Waals surface area contributed by atoms with Crippen molar-refractivity contribution in [2.75, 3.05) is 10.0 Å². The van der Waals surface area contributed by atoms with Crippen LogP contribution in [0.2, 0.25) is 0 Å². The van der Waals surface area contributed by atoms with Crippen molar-refractivity contribution in [3.8, 4) is 0 Å². The minimum Gasteiger partial charge on any atom is -0.364 e. The molecule has 0 saturated heterocycles. The molecule has 0 aliphatic rings. The van der Waals surface area contributed by atoms with Gasteiger partial charge in [0.15, 0.2) is 5.82 Å². The molecule has 0 fully saturated rings. The molecular weight excluding hydrogens is 324 g/mol. The third-order valence-corrected chi connectivity index (χ3v) is 4.63. The summed E-state index contributed by atoms with van der Waals surface area (Å²) in [6.45, 7) is 10.1. The van der Waals surface area contributed by atoms with E-state index in [1.165, 1.54) is 0 Å². The van der Waals surface area contributed by atoms with E-state index in [9.17, 15) is 8.42 Å². The number of anilines is 2. The van der Waals surface area contributed by atoms with E-state index in [1.54, 1.807) is 24.3 Å². The quantitative estimate of drug-likeness (QED) is 0.862. The van der Waals surface area contributed by atoms with Gasteiger partial charge in [0.05, 0.1) is 4.90 Å². The minimum atomic E-state index is -3.68. The lowest BCUT2D eigenvalue weighted by Crippen LogP contribution is -2.26. The van der Waals surface area contributed by atoms with Crippen LogP contribution in [0.3, 0.4) is 0 Å². The van der Waals surface area contributed by atoms with Crippen LogP contribution in [0.5, 0.6) is 0 Å². The molecule has 0 amide bonds. The van der Waals surface area contributed by atoms with Crippen LogP contribution in [-0.4, -0.2) is 24.2 Å². The largest absolute Gasteiger partial charge is 0.364 e. The minimum absolute atomic E-state index is 0.145. The van der Waals surface area contributed by atoms with Gasteiger partial charge >= 0.3 is 0 Å². The number of aromatic nitrogens is 2. The normalized spacial score (nSPS) is 12.2. The molecule has 1 aromatic heterocycles. The Balaban J connectivity index is 2.14. The lowest BCUT2D eigenvalue weighted by Gasteiger charge is -2.20. The third-order valence-electron chi connectivity index (χ3n) is 3.26. The highest BCUT2D eigenvalue weighted by Gasteiger charge is 2.16. The van der Waals surface area contributed by atoms with Gasteiger partial charge < -0.3 is 5.32 Å². The second kappa shape index (κ2) is 6.76. The maximum atomic E-state index is 12.4. The summed E-state index contributed by atoms with van der Waals surface area (Å²) in [5, 5.41) is 11.1. The monoisotopic (exact) mass is 348 g/mol. The predicted octanol–water partition coefficient (Wildman–Crippen LogP) is 3.61. The molecule has 1 aromatic carbocycles. The number of sulfonamides is 1. The molecule has 1 heterocycles. The smallest absolute Gasteiger partial charge is 0.263 e. The highest BCUT2D eigenvalue weighted by molar-refractivity contribution is 7.92. The van der Waals surface area contributed by atoms with Gasteiger partial charge in [-0.05, 0) is 56.5 Å².